The van der Waals surface area contributed by atoms with Gasteiger partial charge in [-0.25, -0.2) is 0 Å². The van der Waals surface area contributed by atoms with Gasteiger partial charge in [-0.05, 0) is 46.3 Å². The summed E-state index contributed by atoms with van der Waals surface area (Å²) in [6, 6.07) is 6.44. The van der Waals surface area contributed by atoms with Crippen LogP contribution in [0.1, 0.15) is 11.1 Å². The number of halogens is 5. The predicted molar refractivity (Wildman–Crippen MR) is 103 cm³/mol. The van der Waals surface area contributed by atoms with Gasteiger partial charge in [0.1, 0.15) is 5.75 Å². The number of hydrogen-bond acceptors (Lipinski definition) is 4. The average Bonchev–Trinajstić information content (AvgIpc) is 2.63. The van der Waals surface area contributed by atoms with Gasteiger partial charge in [-0.2, -0.15) is 13.2 Å². The Balaban J connectivity index is 2.03. The summed E-state index contributed by atoms with van der Waals surface area (Å²) in [6.45, 7) is 2.10. The molecule has 0 unspecified atom stereocenters. The molecule has 0 saturated carbocycles. The van der Waals surface area contributed by atoms with Crippen molar-refractivity contribution in [3.05, 3.63) is 51.0 Å². The van der Waals surface area contributed by atoms with E-state index < -0.39 is 11.7 Å². The van der Waals surface area contributed by atoms with Gasteiger partial charge in [-0.15, -0.1) is 0 Å². The number of nitrogens with zero attached hydrogens (tertiary/aromatic N) is 2. The molecule has 1 aliphatic rings. The molecule has 1 aliphatic heterocycles. The van der Waals surface area contributed by atoms with Crippen molar-refractivity contribution in [3.63, 3.8) is 0 Å². The van der Waals surface area contributed by atoms with Crippen LogP contribution in [0.4, 0.5) is 24.5 Å². The minimum atomic E-state index is -4.48. The Morgan fingerprint density at radius 1 is 1.19 bits per heavy atom. The molecule has 1 heterocycles. The number of aromatic hydroxyl groups is 1. The van der Waals surface area contributed by atoms with Gasteiger partial charge in [0, 0.05) is 29.9 Å². The highest BCUT2D eigenvalue weighted by atomic mass is 79.9. The van der Waals surface area contributed by atoms with Gasteiger partial charge in [-0.3, -0.25) is 4.99 Å². The van der Waals surface area contributed by atoms with E-state index in [-0.39, 0.29) is 11.4 Å². The molecule has 1 N–H and O–H groups in total. The molecule has 1 fully saturated rings. The molecular formula is C18H15BrClF3N2O2. The van der Waals surface area contributed by atoms with Gasteiger partial charge >= 0.3 is 6.18 Å². The van der Waals surface area contributed by atoms with Crippen molar-refractivity contribution in [2.45, 2.75) is 6.18 Å². The Morgan fingerprint density at radius 2 is 1.89 bits per heavy atom. The minimum absolute atomic E-state index is 0.0944. The van der Waals surface area contributed by atoms with E-state index in [1.807, 2.05) is 4.90 Å². The van der Waals surface area contributed by atoms with E-state index in [1.54, 1.807) is 0 Å². The summed E-state index contributed by atoms with van der Waals surface area (Å²) >= 11 is 9.14. The maximum atomic E-state index is 13.1. The van der Waals surface area contributed by atoms with Crippen molar-refractivity contribution in [2.24, 2.45) is 4.99 Å². The zero-order valence-electron chi connectivity index (χ0n) is 13.9. The van der Waals surface area contributed by atoms with E-state index in [0.717, 1.165) is 12.1 Å². The molecule has 0 amide bonds. The van der Waals surface area contributed by atoms with E-state index in [1.165, 1.54) is 24.4 Å². The molecule has 0 aromatic heterocycles. The summed E-state index contributed by atoms with van der Waals surface area (Å²) in [5.74, 6) is -0.0944. The molecule has 3 rings (SSSR count). The Morgan fingerprint density at radius 3 is 2.56 bits per heavy atom. The third-order valence-corrected chi connectivity index (χ3v) is 4.88. The molecule has 2 aromatic carbocycles. The van der Waals surface area contributed by atoms with Crippen molar-refractivity contribution in [1.29, 1.82) is 0 Å². The van der Waals surface area contributed by atoms with Crippen LogP contribution in [-0.2, 0) is 10.9 Å². The first kappa shape index (κ1) is 20.0. The Labute approximate surface area is 167 Å². The van der Waals surface area contributed by atoms with Crippen LogP contribution in [0.3, 0.4) is 0 Å². The monoisotopic (exact) mass is 462 g/mol. The van der Waals surface area contributed by atoms with Crippen LogP contribution in [0.15, 0.2) is 39.8 Å². The third-order valence-electron chi connectivity index (χ3n) is 4.05. The fraction of sp³-hybridized carbons (Fsp3) is 0.278. The zero-order valence-corrected chi connectivity index (χ0v) is 16.3. The molecule has 1 saturated heterocycles. The van der Waals surface area contributed by atoms with Gasteiger partial charge in [0.05, 0.1) is 34.6 Å². The molecular weight excluding hydrogens is 449 g/mol. The van der Waals surface area contributed by atoms with Crippen LogP contribution >= 0.6 is 27.5 Å². The van der Waals surface area contributed by atoms with Gasteiger partial charge in [0.25, 0.3) is 0 Å². The van der Waals surface area contributed by atoms with Crippen LogP contribution in [0.2, 0.25) is 5.02 Å². The predicted octanol–water partition coefficient (Wildman–Crippen LogP) is 5.41. The number of hydrogen-bond donors (Lipinski definition) is 1. The first-order valence-electron chi connectivity index (χ1n) is 8.02. The number of morpholine rings is 1. The molecule has 0 bridgehead atoms. The molecule has 4 nitrogen and oxygen atoms in total. The summed E-state index contributed by atoms with van der Waals surface area (Å²) in [5.41, 5.74) is 0.230. The normalized spacial score (nSPS) is 15.5. The van der Waals surface area contributed by atoms with Gasteiger partial charge < -0.3 is 14.7 Å². The number of phenolic OH excluding ortho intramolecular Hbond substituents is 1. The van der Waals surface area contributed by atoms with Crippen LogP contribution in [0.5, 0.6) is 5.75 Å². The standard InChI is InChI=1S/C18H15BrClF3N2O2/c19-14-9-13(20)7-11(17(14)26)10-24-15-8-12(18(21,22)23)1-2-16(15)25-3-5-27-6-4-25/h1-2,7-10,26H,3-6H2. The Bertz CT molecular complexity index is 868. The first-order chi connectivity index (χ1) is 12.8. The first-order valence-corrected chi connectivity index (χ1v) is 9.19. The lowest BCUT2D eigenvalue weighted by molar-refractivity contribution is -0.137. The average molecular weight is 464 g/mol. The van der Waals surface area contributed by atoms with Crippen molar-refractivity contribution in [2.75, 3.05) is 31.2 Å². The number of anilines is 1. The van der Waals surface area contributed by atoms with Crippen molar-refractivity contribution < 1.29 is 23.0 Å². The van der Waals surface area contributed by atoms with Crippen LogP contribution in [-0.4, -0.2) is 37.6 Å². The second kappa shape index (κ2) is 8.08. The van der Waals surface area contributed by atoms with Gasteiger partial charge in [-0.1, -0.05) is 11.6 Å². The smallest absolute Gasteiger partial charge is 0.416 e. The van der Waals surface area contributed by atoms with Gasteiger partial charge in [0.15, 0.2) is 0 Å². The number of alkyl halides is 3. The lowest BCUT2D eigenvalue weighted by Crippen LogP contribution is -2.36. The maximum Gasteiger partial charge on any atom is 0.416 e. The zero-order chi connectivity index (χ0) is 19.6. The molecule has 9 heteroatoms. The number of aliphatic imine (C=N–C) groups is 1. The van der Waals surface area contributed by atoms with Crippen LogP contribution < -0.4 is 4.90 Å². The third kappa shape index (κ3) is 4.75. The number of benzene rings is 2. The molecule has 0 aliphatic carbocycles. The highest BCUT2D eigenvalue weighted by Crippen LogP contribution is 2.38. The lowest BCUT2D eigenvalue weighted by Gasteiger charge is -2.30. The molecule has 0 spiro atoms. The van der Waals surface area contributed by atoms with E-state index in [4.69, 9.17) is 16.3 Å². The molecule has 144 valence electrons. The number of phenols is 1. The lowest BCUT2D eigenvalue weighted by atomic mass is 10.1. The Hall–Kier alpha value is -1.77. The summed E-state index contributed by atoms with van der Waals surface area (Å²) in [5, 5.41) is 10.5. The maximum absolute atomic E-state index is 13.1. The fourth-order valence-electron chi connectivity index (χ4n) is 2.70. The van der Waals surface area contributed by atoms with E-state index in [2.05, 4.69) is 20.9 Å². The summed E-state index contributed by atoms with van der Waals surface area (Å²) < 4.78 is 45.0. The van der Waals surface area contributed by atoms with Crippen molar-refractivity contribution >= 4 is 45.1 Å². The highest BCUT2D eigenvalue weighted by molar-refractivity contribution is 9.10. The SMILES string of the molecule is Oc1c(Br)cc(Cl)cc1C=Nc1cc(C(F)(F)F)ccc1N1CCOCC1. The summed E-state index contributed by atoms with van der Waals surface area (Å²) in [4.78, 5) is 6.14. The van der Waals surface area contributed by atoms with E-state index in [9.17, 15) is 18.3 Å². The second-order valence-electron chi connectivity index (χ2n) is 5.88. The van der Waals surface area contributed by atoms with Crippen molar-refractivity contribution in [3.8, 4) is 5.75 Å². The summed E-state index contributed by atoms with van der Waals surface area (Å²) in [6.07, 6.45) is -3.18. The minimum Gasteiger partial charge on any atom is -0.506 e. The van der Waals surface area contributed by atoms with Gasteiger partial charge in [0.2, 0.25) is 0 Å². The highest BCUT2D eigenvalue weighted by Gasteiger charge is 2.31. The van der Waals surface area contributed by atoms with Crippen LogP contribution in [0.25, 0.3) is 0 Å². The van der Waals surface area contributed by atoms with Crippen LogP contribution in [0, 0.1) is 0 Å². The van der Waals surface area contributed by atoms with E-state index in [0.29, 0.717) is 47.0 Å². The number of ether oxygens (including phenoxy) is 1. The molecule has 2 aromatic rings. The number of rotatable bonds is 3. The topological polar surface area (TPSA) is 45.1 Å². The van der Waals surface area contributed by atoms with Crippen molar-refractivity contribution in [1.82, 2.24) is 0 Å². The molecule has 27 heavy (non-hydrogen) atoms. The Kier molecular flexibility index (Phi) is 5.98. The molecule has 0 radical (unpaired) electrons. The molecule has 0 atom stereocenters. The fourth-order valence-corrected chi connectivity index (χ4v) is 3.53. The van der Waals surface area contributed by atoms with E-state index >= 15 is 0 Å². The quantitative estimate of drug-likeness (QED) is 0.619. The summed E-state index contributed by atoms with van der Waals surface area (Å²) in [7, 11) is 0. The second-order valence-corrected chi connectivity index (χ2v) is 7.18. The largest absolute Gasteiger partial charge is 0.506 e.